The van der Waals surface area contributed by atoms with Crippen LogP contribution >= 0.6 is 0 Å². The highest BCUT2D eigenvalue weighted by atomic mass is 16.5. The monoisotopic (exact) mass is 703 g/mol. The summed E-state index contributed by atoms with van der Waals surface area (Å²) in [6, 6.07) is 0. The smallest absolute Gasteiger partial charge is 0.333 e. The van der Waals surface area contributed by atoms with Crippen LogP contribution < -0.4 is 0 Å². The van der Waals surface area contributed by atoms with Crippen molar-refractivity contribution in [1.82, 2.24) is 0 Å². The van der Waals surface area contributed by atoms with E-state index in [1.165, 1.54) is 5.57 Å². The molecule has 0 radical (unpaired) electrons. The molecule has 5 aliphatic carbocycles. The zero-order chi connectivity index (χ0) is 35.7. The molecule has 0 saturated heterocycles. The first-order valence-electron chi connectivity index (χ1n) is 18.3. The molecule has 0 aromatic carbocycles. The number of hydrogen-bond acceptors (Lipinski definition) is 8. The summed E-state index contributed by atoms with van der Waals surface area (Å²) in [5.41, 5.74) is -1.43. The van der Waals surface area contributed by atoms with E-state index < -0.39 is 52.0 Å². The molecule has 286 valence electrons. The Hall–Kier alpha value is -2.00. The molecule has 3 unspecified atom stereocenters. The van der Waals surface area contributed by atoms with Gasteiger partial charge < -0.3 is 29.9 Å². The molecule has 4 N–H and O–H groups in total. The van der Waals surface area contributed by atoms with E-state index in [-0.39, 0.29) is 69.0 Å². The van der Waals surface area contributed by atoms with E-state index in [1.54, 1.807) is 19.1 Å². The molecule has 0 bridgehead atoms. The molecule has 0 spiro atoms. The van der Waals surface area contributed by atoms with Gasteiger partial charge in [0.05, 0.1) is 36.4 Å². The van der Waals surface area contributed by atoms with Crippen LogP contribution in [-0.2, 0) is 19.1 Å². The summed E-state index contributed by atoms with van der Waals surface area (Å²) < 4.78 is 11.7. The summed E-state index contributed by atoms with van der Waals surface area (Å²) >= 11 is 0. The van der Waals surface area contributed by atoms with Crippen molar-refractivity contribution < 1.29 is 39.5 Å². The van der Waals surface area contributed by atoms with Crippen LogP contribution in [0.5, 0.6) is 0 Å². The van der Waals surface area contributed by atoms with Gasteiger partial charge >= 0.3 is 11.9 Å². The van der Waals surface area contributed by atoms with Crippen LogP contribution in [0.25, 0.3) is 0 Å². The Balaban J connectivity index is 0.00000338. The van der Waals surface area contributed by atoms with E-state index in [1.807, 2.05) is 20.8 Å². The summed E-state index contributed by atoms with van der Waals surface area (Å²) in [6.45, 7) is 20.4. The van der Waals surface area contributed by atoms with E-state index in [9.17, 15) is 30.0 Å². The van der Waals surface area contributed by atoms with E-state index >= 15 is 0 Å². The molecule has 50 heavy (non-hydrogen) atoms. The van der Waals surface area contributed by atoms with Crippen molar-refractivity contribution in [3.63, 3.8) is 0 Å². The van der Waals surface area contributed by atoms with Gasteiger partial charge in [-0.15, -0.1) is 6.58 Å². The Kier molecular flexibility index (Phi) is 12.2. The minimum atomic E-state index is -1.27. The van der Waals surface area contributed by atoms with Gasteiger partial charge in [-0.3, -0.25) is 4.79 Å². The Labute approximate surface area is 302 Å². The Morgan fingerprint density at radius 3 is 2.18 bits per heavy atom. The molecule has 0 aliphatic heterocycles. The minimum absolute atomic E-state index is 0. The van der Waals surface area contributed by atoms with Gasteiger partial charge in [0.1, 0.15) is 6.61 Å². The molecule has 0 aromatic heterocycles. The fourth-order valence-corrected chi connectivity index (χ4v) is 11.8. The maximum Gasteiger partial charge on any atom is 0.333 e. The van der Waals surface area contributed by atoms with Gasteiger partial charge in [-0.2, -0.15) is 0 Å². The Bertz CT molecular complexity index is 1350. The normalized spacial score (nSPS) is 44.7. The second-order valence-corrected chi connectivity index (χ2v) is 17.9. The third-order valence-electron chi connectivity index (χ3n) is 15.2. The number of esters is 2. The quantitative estimate of drug-likeness (QED) is 0.117. The van der Waals surface area contributed by atoms with E-state index in [0.717, 1.165) is 25.7 Å². The lowest BCUT2D eigenvalue weighted by atomic mass is 9.33. The second-order valence-electron chi connectivity index (χ2n) is 17.9. The molecule has 8 nitrogen and oxygen atoms in total. The maximum absolute atomic E-state index is 12.7. The van der Waals surface area contributed by atoms with Gasteiger partial charge in [-0.25, -0.2) is 4.79 Å². The number of carbonyl (C=O) groups is 2. The van der Waals surface area contributed by atoms with Crippen molar-refractivity contribution in [3.8, 4) is 0 Å². The van der Waals surface area contributed by atoms with E-state index in [2.05, 4.69) is 40.3 Å². The van der Waals surface area contributed by atoms with Crippen molar-refractivity contribution in [2.45, 2.75) is 152 Å². The van der Waals surface area contributed by atoms with Gasteiger partial charge in [0.2, 0.25) is 0 Å². The molecular formula is C42H70O8. The molecule has 0 heterocycles. The highest BCUT2D eigenvalue weighted by Gasteiger charge is 2.72. The molecule has 0 amide bonds. The van der Waals surface area contributed by atoms with E-state index in [4.69, 9.17) is 9.47 Å². The van der Waals surface area contributed by atoms with Gasteiger partial charge in [-0.1, -0.05) is 80.2 Å². The van der Waals surface area contributed by atoms with Gasteiger partial charge in [0.25, 0.3) is 0 Å². The van der Waals surface area contributed by atoms with Gasteiger partial charge in [0.15, 0.2) is 0 Å². The van der Waals surface area contributed by atoms with Crippen LogP contribution in [0.4, 0.5) is 0 Å². The summed E-state index contributed by atoms with van der Waals surface area (Å²) in [7, 11) is 0. The zero-order valence-electron chi connectivity index (χ0n) is 30.7. The Morgan fingerprint density at radius 1 is 0.900 bits per heavy atom. The number of carbonyl (C=O) groups excluding carboxylic acids is 2. The third kappa shape index (κ3) is 6.06. The number of allylic oxidation sites excluding steroid dienone is 4. The molecule has 5 aliphatic rings. The van der Waals surface area contributed by atoms with E-state index in [0.29, 0.717) is 31.3 Å². The zero-order valence-corrected chi connectivity index (χ0v) is 30.7. The van der Waals surface area contributed by atoms with Crippen LogP contribution in [0.3, 0.4) is 0 Å². The van der Waals surface area contributed by atoms with Crippen LogP contribution in [0.1, 0.15) is 128 Å². The molecule has 4 fully saturated rings. The fraction of sp³-hybridized carbons (Fsp3) is 0.810. The predicted octanol–water partition coefficient (Wildman–Crippen LogP) is 7.33. The summed E-state index contributed by atoms with van der Waals surface area (Å²) in [4.78, 5) is 25.4. The minimum Gasteiger partial charge on any atom is -0.465 e. The first kappa shape index (κ1) is 42.4. The van der Waals surface area contributed by atoms with Gasteiger partial charge in [-0.05, 0) is 105 Å². The predicted molar refractivity (Wildman–Crippen MR) is 198 cm³/mol. The number of ether oxygens (including phenoxy) is 2. The summed E-state index contributed by atoms with van der Waals surface area (Å²) in [6.07, 6.45) is 7.48. The fourth-order valence-electron chi connectivity index (χ4n) is 11.8. The van der Waals surface area contributed by atoms with Crippen molar-refractivity contribution in [1.29, 1.82) is 0 Å². The molecule has 0 aromatic rings. The first-order valence-corrected chi connectivity index (χ1v) is 18.3. The molecule has 12 atom stereocenters. The number of hydrogen-bond donors (Lipinski definition) is 4. The second kappa shape index (κ2) is 14.4. The van der Waals surface area contributed by atoms with Crippen LogP contribution in [0.2, 0.25) is 0 Å². The summed E-state index contributed by atoms with van der Waals surface area (Å²) in [5.74, 6) is -0.647. The summed E-state index contributed by atoms with van der Waals surface area (Å²) in [5, 5.41) is 47.1. The highest BCUT2D eigenvalue weighted by Crippen LogP contribution is 2.75. The van der Waals surface area contributed by atoms with Crippen molar-refractivity contribution in [3.05, 3.63) is 36.0 Å². The lowest BCUT2D eigenvalue weighted by molar-refractivity contribution is -0.261. The third-order valence-corrected chi connectivity index (χ3v) is 15.2. The Morgan fingerprint density at radius 2 is 1.56 bits per heavy atom. The standard InChI is InChI=1S/C40H62O8.2CH4/c1-10-12-13-31(43)47-23-40-26(20-35(4,5)32(44)33(40)45)25-14-15-28-36(6)18-17-29(41)37(7,22-48-34(46)24(3)11-2)27(36)16-19-38(28,8)39(25,9)21-30(40)42;;/h10-11,14,26-30,32-33,41-42,44-45H,1,12-13,15-23H2,2-9H3;2*1H4/b24-11+;;/t26?,27?,28?,29-,30+,32-,33-,36-,37+,38+,39+,40-;;/m0../s1. The van der Waals surface area contributed by atoms with Crippen molar-refractivity contribution >= 4 is 11.9 Å². The van der Waals surface area contributed by atoms with Crippen LogP contribution in [0.15, 0.2) is 36.0 Å². The largest absolute Gasteiger partial charge is 0.465 e. The molecule has 4 saturated carbocycles. The van der Waals surface area contributed by atoms with Crippen LogP contribution in [-0.4, -0.2) is 70.0 Å². The topological polar surface area (TPSA) is 134 Å². The number of aliphatic hydroxyl groups is 4. The highest BCUT2D eigenvalue weighted by molar-refractivity contribution is 5.87. The maximum atomic E-state index is 12.7. The first-order chi connectivity index (χ1) is 22.3. The molecule has 8 heteroatoms. The molecular weight excluding hydrogens is 632 g/mol. The number of rotatable bonds is 8. The SMILES string of the molecule is C.C.C=CCCC(=O)OC[C@@]12C(CC(C)(C)[C@@H](O)[C@@H]1O)C1=CCC3[C@@]4(C)CC[C@H](O)[C@](C)(COC(=O)/C(C)=C/C)C4CC[C@@]3(C)[C@]1(C)C[C@H]2O. The number of fused-ring (bicyclic) bond motifs is 7. The van der Waals surface area contributed by atoms with Gasteiger partial charge in [0, 0.05) is 17.4 Å². The lowest BCUT2D eigenvalue weighted by Gasteiger charge is -2.72. The van der Waals surface area contributed by atoms with Crippen molar-refractivity contribution in [2.24, 2.45) is 50.2 Å². The molecule has 5 rings (SSSR count). The van der Waals surface area contributed by atoms with Crippen molar-refractivity contribution in [2.75, 3.05) is 13.2 Å². The number of aliphatic hydroxyl groups excluding tert-OH is 4. The average molecular weight is 703 g/mol. The average Bonchev–Trinajstić information content (AvgIpc) is 3.03. The lowest BCUT2D eigenvalue weighted by Crippen LogP contribution is -2.72. The van der Waals surface area contributed by atoms with Crippen LogP contribution in [0, 0.1) is 50.2 Å².